The second kappa shape index (κ2) is 4.71. The zero-order valence-electron chi connectivity index (χ0n) is 9.63. The van der Waals surface area contributed by atoms with Gasteiger partial charge in [0, 0.05) is 6.20 Å². The molecule has 0 unspecified atom stereocenters. The molecule has 1 aliphatic heterocycles. The molecule has 0 atom stereocenters. The largest absolute Gasteiger partial charge is 0.543 e. The third-order valence-electron chi connectivity index (χ3n) is 3.13. The number of hydrogen-bond acceptors (Lipinski definition) is 5. The average molecular weight is 272 g/mol. The maximum Gasteiger partial charge on any atom is 0.302 e. The highest BCUT2D eigenvalue weighted by Gasteiger charge is 2.24. The molecule has 7 nitrogen and oxygen atoms in total. The van der Waals surface area contributed by atoms with Crippen molar-refractivity contribution in [2.45, 2.75) is 18.8 Å². The lowest BCUT2D eigenvalue weighted by atomic mass is 9.90. The fourth-order valence-electron chi connectivity index (χ4n) is 2.31. The zero-order valence-corrected chi connectivity index (χ0v) is 10.4. The molecule has 0 aromatic carbocycles. The van der Waals surface area contributed by atoms with E-state index in [1.54, 1.807) is 0 Å². The van der Waals surface area contributed by atoms with Crippen LogP contribution in [-0.4, -0.2) is 31.4 Å². The van der Waals surface area contributed by atoms with Crippen LogP contribution in [0.3, 0.4) is 0 Å². The Kier molecular flexibility index (Phi) is 3.42. The molecule has 0 aliphatic carbocycles. The van der Waals surface area contributed by atoms with Gasteiger partial charge in [0.2, 0.25) is 0 Å². The minimum absolute atomic E-state index is 0.0159. The van der Waals surface area contributed by atoms with Gasteiger partial charge in [-0.3, -0.25) is 0 Å². The van der Waals surface area contributed by atoms with Gasteiger partial charge in [-0.2, -0.15) is 8.42 Å². The van der Waals surface area contributed by atoms with Crippen molar-refractivity contribution in [2.24, 2.45) is 5.14 Å². The Hall–Kier alpha value is -1.38. The minimum atomic E-state index is -4.12. The van der Waals surface area contributed by atoms with E-state index in [1.807, 2.05) is 0 Å². The van der Waals surface area contributed by atoms with Gasteiger partial charge >= 0.3 is 10.2 Å². The number of nitrogens with zero attached hydrogens (tertiary/aromatic N) is 1. The summed E-state index contributed by atoms with van der Waals surface area (Å²) < 4.78 is 23.2. The minimum Gasteiger partial charge on any atom is -0.543 e. The third-order valence-corrected chi connectivity index (χ3v) is 3.98. The molecule has 1 fully saturated rings. The molecular weight excluding hydrogens is 258 g/mol. The SMILES string of the molecule is NS(=O)(=O)n1ccc(C2CCNCC2)c1C(=O)[O-]. The molecule has 2 heterocycles. The number of nitrogens with one attached hydrogen (secondary N) is 1. The number of carbonyl (C=O) groups excluding carboxylic acids is 1. The molecule has 8 heteroatoms. The Morgan fingerprint density at radius 2 is 2.06 bits per heavy atom. The number of carboxylic acids is 1. The fraction of sp³-hybridized carbons (Fsp3) is 0.500. The van der Waals surface area contributed by atoms with Crippen molar-refractivity contribution >= 4 is 16.2 Å². The van der Waals surface area contributed by atoms with Crippen molar-refractivity contribution in [1.82, 2.24) is 9.29 Å². The Balaban J connectivity index is 2.48. The van der Waals surface area contributed by atoms with Crippen LogP contribution in [-0.2, 0) is 10.2 Å². The third kappa shape index (κ3) is 2.40. The van der Waals surface area contributed by atoms with Crippen molar-refractivity contribution in [2.75, 3.05) is 13.1 Å². The van der Waals surface area contributed by atoms with Crippen molar-refractivity contribution < 1.29 is 18.3 Å². The summed E-state index contributed by atoms with van der Waals surface area (Å²) in [7, 11) is -4.12. The molecule has 18 heavy (non-hydrogen) atoms. The normalized spacial score (nSPS) is 17.8. The summed E-state index contributed by atoms with van der Waals surface area (Å²) in [6.07, 6.45) is 2.68. The summed E-state index contributed by atoms with van der Waals surface area (Å²) in [6, 6.07) is 1.49. The summed E-state index contributed by atoms with van der Waals surface area (Å²) in [6.45, 7) is 1.55. The van der Waals surface area contributed by atoms with Crippen LogP contribution in [0.25, 0.3) is 0 Å². The predicted octanol–water partition coefficient (Wildman–Crippen LogP) is -1.63. The highest BCUT2D eigenvalue weighted by atomic mass is 32.2. The number of piperidine rings is 1. The van der Waals surface area contributed by atoms with Gasteiger partial charge in [-0.1, -0.05) is 0 Å². The summed E-state index contributed by atoms with van der Waals surface area (Å²) in [5.74, 6) is -1.51. The van der Waals surface area contributed by atoms with E-state index in [2.05, 4.69) is 5.32 Å². The van der Waals surface area contributed by atoms with E-state index in [9.17, 15) is 18.3 Å². The molecule has 1 aromatic rings. The number of carbonyl (C=O) groups is 1. The van der Waals surface area contributed by atoms with Gasteiger partial charge in [-0.25, -0.2) is 9.11 Å². The molecule has 2 rings (SSSR count). The van der Waals surface area contributed by atoms with Crippen LogP contribution >= 0.6 is 0 Å². The first kappa shape index (κ1) is 13.1. The average Bonchev–Trinajstić information content (AvgIpc) is 2.74. The van der Waals surface area contributed by atoms with Crippen LogP contribution in [0.2, 0.25) is 0 Å². The number of rotatable bonds is 3. The van der Waals surface area contributed by atoms with E-state index in [-0.39, 0.29) is 11.6 Å². The topological polar surface area (TPSA) is 117 Å². The molecule has 1 aliphatic rings. The van der Waals surface area contributed by atoms with Crippen LogP contribution in [0.5, 0.6) is 0 Å². The zero-order chi connectivity index (χ0) is 13.3. The van der Waals surface area contributed by atoms with Crippen LogP contribution < -0.4 is 15.6 Å². The Bertz CT molecular complexity index is 558. The maximum absolute atomic E-state index is 11.3. The van der Waals surface area contributed by atoms with Crippen molar-refractivity contribution in [3.05, 3.63) is 23.5 Å². The van der Waals surface area contributed by atoms with Crippen LogP contribution in [0.1, 0.15) is 34.8 Å². The highest BCUT2D eigenvalue weighted by molar-refractivity contribution is 7.87. The second-order valence-electron chi connectivity index (χ2n) is 4.27. The lowest BCUT2D eigenvalue weighted by Crippen LogP contribution is -2.33. The second-order valence-corrected chi connectivity index (χ2v) is 5.70. The smallest absolute Gasteiger partial charge is 0.302 e. The van der Waals surface area contributed by atoms with Crippen molar-refractivity contribution in [1.29, 1.82) is 0 Å². The van der Waals surface area contributed by atoms with Crippen molar-refractivity contribution in [3.63, 3.8) is 0 Å². The number of carboxylic acid groups (broad SMARTS) is 1. The van der Waals surface area contributed by atoms with Crippen LogP contribution in [0.4, 0.5) is 0 Å². The molecule has 0 radical (unpaired) electrons. The number of nitrogens with two attached hydrogens (primary N) is 1. The van der Waals surface area contributed by atoms with E-state index in [0.29, 0.717) is 9.54 Å². The molecule has 0 amide bonds. The predicted molar refractivity (Wildman–Crippen MR) is 62.1 cm³/mol. The van der Waals surface area contributed by atoms with Gasteiger partial charge in [-0.15, -0.1) is 0 Å². The maximum atomic E-state index is 11.3. The van der Waals surface area contributed by atoms with E-state index in [0.717, 1.165) is 32.1 Å². The monoisotopic (exact) mass is 272 g/mol. The van der Waals surface area contributed by atoms with E-state index < -0.39 is 16.2 Å². The lowest BCUT2D eigenvalue weighted by molar-refractivity contribution is -0.255. The molecule has 100 valence electrons. The van der Waals surface area contributed by atoms with Crippen LogP contribution in [0.15, 0.2) is 12.3 Å². The summed E-state index contributed by atoms with van der Waals surface area (Å²) >= 11 is 0. The standard InChI is InChI=1S/C10H15N3O4S/c11-18(16,17)13-6-3-8(9(13)10(14)15)7-1-4-12-5-2-7/h3,6-7,12H,1-2,4-5H2,(H,14,15)(H2,11,16,17)/p-1. The molecule has 0 spiro atoms. The van der Waals surface area contributed by atoms with Gasteiger partial charge in [-0.05, 0) is 43.5 Å². The van der Waals surface area contributed by atoms with E-state index in [4.69, 9.17) is 5.14 Å². The molecule has 0 bridgehead atoms. The van der Waals surface area contributed by atoms with Crippen molar-refractivity contribution in [3.8, 4) is 0 Å². The quantitative estimate of drug-likeness (QED) is 0.685. The Morgan fingerprint density at radius 1 is 1.44 bits per heavy atom. The van der Waals surface area contributed by atoms with Gasteiger partial charge in [0.05, 0.1) is 11.7 Å². The molecule has 1 saturated heterocycles. The lowest BCUT2D eigenvalue weighted by Gasteiger charge is -2.23. The number of hydrogen-bond donors (Lipinski definition) is 2. The van der Waals surface area contributed by atoms with Crippen LogP contribution in [0, 0.1) is 0 Å². The fourth-order valence-corrected chi connectivity index (χ4v) is 2.98. The van der Waals surface area contributed by atoms with Gasteiger partial charge < -0.3 is 15.2 Å². The number of aromatic nitrogens is 1. The first-order chi connectivity index (χ1) is 8.41. The molecule has 0 saturated carbocycles. The van der Waals surface area contributed by atoms with Gasteiger partial charge in [0.25, 0.3) is 0 Å². The highest BCUT2D eigenvalue weighted by Crippen LogP contribution is 2.29. The Morgan fingerprint density at radius 3 is 2.56 bits per heavy atom. The van der Waals surface area contributed by atoms with Gasteiger partial charge in [0.15, 0.2) is 0 Å². The summed E-state index contributed by atoms with van der Waals surface area (Å²) in [5, 5.41) is 19.3. The van der Waals surface area contributed by atoms with E-state index in [1.165, 1.54) is 6.07 Å². The summed E-state index contributed by atoms with van der Waals surface area (Å²) in [4.78, 5) is 11.1. The van der Waals surface area contributed by atoms with E-state index >= 15 is 0 Å². The summed E-state index contributed by atoms with van der Waals surface area (Å²) in [5.41, 5.74) is 0.120. The molecule has 3 N–H and O–H groups in total. The molecule has 1 aromatic heterocycles. The molecular formula is C10H14N3O4S-. The first-order valence-corrected chi connectivity index (χ1v) is 7.08. The Labute approximate surface area is 105 Å². The number of aromatic carboxylic acids is 1. The first-order valence-electron chi connectivity index (χ1n) is 5.58. The van der Waals surface area contributed by atoms with Gasteiger partial charge in [0.1, 0.15) is 0 Å².